The van der Waals surface area contributed by atoms with Crippen molar-refractivity contribution in [3.63, 3.8) is 0 Å². The third-order valence-corrected chi connectivity index (χ3v) is 5.58. The van der Waals surface area contributed by atoms with Crippen LogP contribution in [-0.2, 0) is 9.59 Å². The fourth-order valence-electron chi connectivity index (χ4n) is 3.10. The summed E-state index contributed by atoms with van der Waals surface area (Å²) in [5.41, 5.74) is 0.484. The molecule has 1 atom stereocenters. The van der Waals surface area contributed by atoms with Crippen LogP contribution in [0, 0.1) is 0 Å². The zero-order valence-electron chi connectivity index (χ0n) is 13.8. The Labute approximate surface area is 163 Å². The van der Waals surface area contributed by atoms with E-state index < -0.39 is 29.7 Å². The highest BCUT2D eigenvalue weighted by molar-refractivity contribution is 7.99. The van der Waals surface area contributed by atoms with Crippen molar-refractivity contribution in [2.75, 3.05) is 0 Å². The first-order valence-electron chi connectivity index (χ1n) is 8.09. The zero-order chi connectivity index (χ0) is 19.1. The Bertz CT molecular complexity index is 993. The summed E-state index contributed by atoms with van der Waals surface area (Å²) in [4.78, 5) is 55.0. The molecule has 1 saturated heterocycles. The predicted molar refractivity (Wildman–Crippen MR) is 96.5 cm³/mol. The largest absolute Gasteiger partial charge is 0.295 e. The number of halogens is 1. The van der Waals surface area contributed by atoms with Crippen molar-refractivity contribution in [3.05, 3.63) is 52.7 Å². The zero-order valence-corrected chi connectivity index (χ0v) is 15.3. The molecule has 27 heavy (non-hydrogen) atoms. The van der Waals surface area contributed by atoms with E-state index in [1.807, 2.05) is 0 Å². The molecular formula is C18H12ClN3O4S. The lowest BCUT2D eigenvalue weighted by Crippen LogP contribution is -2.54. The molecule has 1 aromatic carbocycles. The van der Waals surface area contributed by atoms with Crippen molar-refractivity contribution in [3.8, 4) is 0 Å². The quantitative estimate of drug-likeness (QED) is 0.792. The van der Waals surface area contributed by atoms with Crippen LogP contribution in [0.4, 0.5) is 0 Å². The van der Waals surface area contributed by atoms with Crippen molar-refractivity contribution >= 4 is 47.0 Å². The lowest BCUT2D eigenvalue weighted by molar-refractivity contribution is -0.136. The molecule has 9 heteroatoms. The van der Waals surface area contributed by atoms with Crippen LogP contribution < -0.4 is 5.32 Å². The number of aromatic nitrogens is 1. The Balaban J connectivity index is 1.68. The molecule has 2 aliphatic rings. The van der Waals surface area contributed by atoms with Gasteiger partial charge in [-0.3, -0.25) is 29.4 Å². The van der Waals surface area contributed by atoms with E-state index in [9.17, 15) is 19.2 Å². The number of rotatable bonds is 3. The molecule has 2 aromatic rings. The van der Waals surface area contributed by atoms with Gasteiger partial charge >= 0.3 is 0 Å². The van der Waals surface area contributed by atoms with E-state index in [4.69, 9.17) is 11.6 Å². The highest BCUT2D eigenvalue weighted by Crippen LogP contribution is 2.37. The maximum Gasteiger partial charge on any atom is 0.263 e. The normalized spacial score (nSPS) is 19.3. The van der Waals surface area contributed by atoms with Gasteiger partial charge in [0.2, 0.25) is 11.8 Å². The van der Waals surface area contributed by atoms with Crippen LogP contribution in [0.15, 0.2) is 46.5 Å². The molecule has 0 saturated carbocycles. The monoisotopic (exact) mass is 401 g/mol. The summed E-state index contributed by atoms with van der Waals surface area (Å²) in [5.74, 6) is -2.11. The summed E-state index contributed by atoms with van der Waals surface area (Å²) < 4.78 is 0. The standard InChI is InChI=1S/C18H12ClN3O4S/c19-9-4-7-14(20-8-9)27-12-3-1-2-10-15(12)18(26)22(17(10)25)11-5-6-13(23)21-16(11)24/h1-4,7-8,11H,5-6H2,(H,21,23,24). The number of amides is 4. The van der Waals surface area contributed by atoms with Gasteiger partial charge in [-0.15, -0.1) is 0 Å². The lowest BCUT2D eigenvalue weighted by atomic mass is 10.0. The van der Waals surface area contributed by atoms with Gasteiger partial charge in [0.05, 0.1) is 16.1 Å². The van der Waals surface area contributed by atoms with E-state index in [0.29, 0.717) is 14.9 Å². The highest BCUT2D eigenvalue weighted by Gasteiger charge is 2.45. The smallest absolute Gasteiger partial charge is 0.263 e. The Morgan fingerprint density at radius 2 is 1.93 bits per heavy atom. The second kappa shape index (κ2) is 6.79. The van der Waals surface area contributed by atoms with E-state index in [1.54, 1.807) is 30.3 Å². The first-order chi connectivity index (χ1) is 13.0. The molecule has 7 nitrogen and oxygen atoms in total. The SMILES string of the molecule is O=C1CCC(N2C(=O)c3cccc(Sc4ccc(Cl)cn4)c3C2=O)C(=O)N1. The van der Waals surface area contributed by atoms with E-state index in [2.05, 4.69) is 10.3 Å². The molecule has 2 aliphatic heterocycles. The Morgan fingerprint density at radius 1 is 1.11 bits per heavy atom. The fourth-order valence-corrected chi connectivity index (χ4v) is 4.13. The summed E-state index contributed by atoms with van der Waals surface area (Å²) in [6, 6.07) is 7.37. The predicted octanol–water partition coefficient (Wildman–Crippen LogP) is 2.29. The van der Waals surface area contributed by atoms with E-state index >= 15 is 0 Å². The number of benzene rings is 1. The van der Waals surface area contributed by atoms with Gasteiger partial charge in [0.1, 0.15) is 11.1 Å². The average molecular weight is 402 g/mol. The number of carbonyl (C=O) groups is 4. The van der Waals surface area contributed by atoms with Gasteiger partial charge in [0.15, 0.2) is 0 Å². The maximum absolute atomic E-state index is 13.0. The number of pyridine rings is 1. The minimum absolute atomic E-state index is 0.0834. The van der Waals surface area contributed by atoms with Gasteiger partial charge in [-0.25, -0.2) is 4.98 Å². The second-order valence-electron chi connectivity index (χ2n) is 6.04. The van der Waals surface area contributed by atoms with Crippen LogP contribution in [0.3, 0.4) is 0 Å². The number of nitrogens with zero attached hydrogens (tertiary/aromatic N) is 2. The van der Waals surface area contributed by atoms with Crippen molar-refractivity contribution < 1.29 is 19.2 Å². The second-order valence-corrected chi connectivity index (χ2v) is 7.54. The third-order valence-electron chi connectivity index (χ3n) is 4.34. The molecule has 136 valence electrons. The number of hydrogen-bond acceptors (Lipinski definition) is 6. The summed E-state index contributed by atoms with van der Waals surface area (Å²) in [7, 11) is 0. The molecule has 0 bridgehead atoms. The van der Waals surface area contributed by atoms with Crippen LogP contribution in [0.1, 0.15) is 33.6 Å². The summed E-state index contributed by atoms with van der Waals surface area (Å²) in [6.07, 6.45) is 1.70. The number of imide groups is 2. The minimum Gasteiger partial charge on any atom is -0.295 e. The molecule has 1 fully saturated rings. The molecule has 1 aromatic heterocycles. The van der Waals surface area contributed by atoms with E-state index in [1.165, 1.54) is 18.0 Å². The minimum atomic E-state index is -0.985. The van der Waals surface area contributed by atoms with Crippen LogP contribution in [-0.4, -0.2) is 39.6 Å². The lowest BCUT2D eigenvalue weighted by Gasteiger charge is -2.27. The molecule has 0 aliphatic carbocycles. The van der Waals surface area contributed by atoms with Crippen LogP contribution in [0.2, 0.25) is 5.02 Å². The molecule has 1 N–H and O–H groups in total. The summed E-state index contributed by atoms with van der Waals surface area (Å²) >= 11 is 7.07. The molecule has 1 unspecified atom stereocenters. The van der Waals surface area contributed by atoms with E-state index in [-0.39, 0.29) is 24.0 Å². The summed E-state index contributed by atoms with van der Waals surface area (Å²) in [5, 5.41) is 3.29. The van der Waals surface area contributed by atoms with Crippen LogP contribution >= 0.6 is 23.4 Å². The van der Waals surface area contributed by atoms with Gasteiger partial charge in [0.25, 0.3) is 11.8 Å². The van der Waals surface area contributed by atoms with Gasteiger partial charge in [-0.05, 0) is 30.7 Å². The number of piperidine rings is 1. The Kier molecular flexibility index (Phi) is 4.45. The van der Waals surface area contributed by atoms with Gasteiger partial charge < -0.3 is 0 Å². The topological polar surface area (TPSA) is 96.4 Å². The van der Waals surface area contributed by atoms with Gasteiger partial charge in [-0.2, -0.15) is 0 Å². The molecule has 4 rings (SSSR count). The summed E-state index contributed by atoms with van der Waals surface area (Å²) in [6.45, 7) is 0. The molecular weight excluding hydrogens is 390 g/mol. The molecule has 3 heterocycles. The number of nitrogens with one attached hydrogen (secondary N) is 1. The maximum atomic E-state index is 13.0. The van der Waals surface area contributed by atoms with Gasteiger partial charge in [0, 0.05) is 17.5 Å². The highest BCUT2D eigenvalue weighted by atomic mass is 35.5. The molecule has 0 spiro atoms. The molecule has 4 amide bonds. The number of fused-ring (bicyclic) bond motifs is 1. The van der Waals surface area contributed by atoms with Crippen molar-refractivity contribution in [2.24, 2.45) is 0 Å². The third kappa shape index (κ3) is 3.11. The van der Waals surface area contributed by atoms with Crippen LogP contribution in [0.25, 0.3) is 0 Å². The Hall–Kier alpha value is -2.71. The van der Waals surface area contributed by atoms with Crippen molar-refractivity contribution in [2.45, 2.75) is 28.8 Å². The molecule has 0 radical (unpaired) electrons. The Morgan fingerprint density at radius 3 is 2.63 bits per heavy atom. The first-order valence-corrected chi connectivity index (χ1v) is 9.29. The number of hydrogen-bond donors (Lipinski definition) is 1. The van der Waals surface area contributed by atoms with Crippen molar-refractivity contribution in [1.82, 2.24) is 15.2 Å². The van der Waals surface area contributed by atoms with Crippen molar-refractivity contribution in [1.29, 1.82) is 0 Å². The van der Waals surface area contributed by atoms with E-state index in [0.717, 1.165) is 4.90 Å². The first kappa shape index (κ1) is 17.7. The average Bonchev–Trinajstić information content (AvgIpc) is 2.89. The number of carbonyl (C=O) groups excluding carboxylic acids is 4. The fraction of sp³-hybridized carbons (Fsp3) is 0.167. The van der Waals surface area contributed by atoms with Crippen LogP contribution in [0.5, 0.6) is 0 Å². The van der Waals surface area contributed by atoms with Gasteiger partial charge in [-0.1, -0.05) is 29.4 Å².